The Hall–Kier alpha value is -9.25. The minimum absolute atomic E-state index is 0.671. The van der Waals surface area contributed by atoms with Gasteiger partial charge in [0.2, 0.25) is 0 Å². The number of aromatic nitrogens is 4. The third-order valence-corrected chi connectivity index (χ3v) is 13.4. The summed E-state index contributed by atoms with van der Waals surface area (Å²) in [4.78, 5) is 15.9. The highest BCUT2D eigenvalue weighted by atomic mass is 15.0. The van der Waals surface area contributed by atoms with E-state index in [0.717, 1.165) is 94.7 Å². The molecule has 0 amide bonds. The van der Waals surface area contributed by atoms with Gasteiger partial charge in [-0.25, -0.2) is 15.0 Å². The van der Waals surface area contributed by atoms with Crippen molar-refractivity contribution in [3.8, 4) is 84.2 Å². The Morgan fingerprint density at radius 1 is 0.261 bits per heavy atom. The van der Waals surface area contributed by atoms with Gasteiger partial charge in [-0.15, -0.1) is 0 Å². The molecule has 0 fully saturated rings. The van der Waals surface area contributed by atoms with Gasteiger partial charge in [-0.2, -0.15) is 0 Å². The third-order valence-electron chi connectivity index (χ3n) is 13.4. The highest BCUT2D eigenvalue weighted by molar-refractivity contribution is 6.29. The molecule has 322 valence electrons. The fourth-order valence-corrected chi connectivity index (χ4v) is 10.1. The highest BCUT2D eigenvalue weighted by Gasteiger charge is 2.20. The van der Waals surface area contributed by atoms with Gasteiger partial charge in [-0.05, 0) is 88.0 Å². The van der Waals surface area contributed by atoms with Gasteiger partial charge in [0.05, 0.1) is 33.6 Å². The smallest absolute Gasteiger partial charge is 0.160 e. The van der Waals surface area contributed by atoms with Crippen LogP contribution in [0.25, 0.3) is 128 Å². The molecule has 4 nitrogen and oxygen atoms in total. The molecule has 69 heavy (non-hydrogen) atoms. The van der Waals surface area contributed by atoms with Gasteiger partial charge in [0.15, 0.2) is 5.82 Å². The van der Waals surface area contributed by atoms with E-state index in [0.29, 0.717) is 5.82 Å². The van der Waals surface area contributed by atoms with Gasteiger partial charge in [0.25, 0.3) is 0 Å². The second kappa shape index (κ2) is 16.9. The minimum atomic E-state index is 0.671. The van der Waals surface area contributed by atoms with E-state index in [-0.39, 0.29) is 0 Å². The second-order valence-electron chi connectivity index (χ2n) is 17.6. The van der Waals surface area contributed by atoms with Crippen molar-refractivity contribution >= 4 is 43.5 Å². The van der Waals surface area contributed by atoms with Crippen LogP contribution in [0.1, 0.15) is 0 Å². The van der Waals surface area contributed by atoms with Crippen molar-refractivity contribution in [3.63, 3.8) is 0 Å². The SMILES string of the molecule is c1ccc(-c2cccc(-c3cc(-c4cccc(-c5ccccc5)c4)nc(-c4ccc(-c5cccc(-c6nc7ccccc7c7c6ccc6c7c7ccccc7n6-c6ccccc6)c5)cc4)n3)c2)cc1. The molecule has 0 saturated heterocycles. The molecule has 13 aromatic rings. The molecule has 3 aromatic heterocycles. The molecule has 0 unspecified atom stereocenters. The number of nitrogens with zero attached hydrogens (tertiary/aromatic N) is 4. The van der Waals surface area contributed by atoms with Crippen LogP contribution in [0.2, 0.25) is 0 Å². The molecule has 3 heterocycles. The zero-order valence-electron chi connectivity index (χ0n) is 37.5. The average Bonchev–Trinajstić information content (AvgIpc) is 3.78. The summed E-state index contributed by atoms with van der Waals surface area (Å²) in [6.45, 7) is 0. The molecule has 4 heteroatoms. The van der Waals surface area contributed by atoms with Crippen molar-refractivity contribution in [1.82, 2.24) is 19.5 Å². The lowest BCUT2D eigenvalue weighted by molar-refractivity contribution is 1.18. The third kappa shape index (κ3) is 7.23. The Labute approximate surface area is 400 Å². The highest BCUT2D eigenvalue weighted by Crippen LogP contribution is 2.43. The van der Waals surface area contributed by atoms with Crippen LogP contribution < -0.4 is 0 Å². The normalized spacial score (nSPS) is 11.5. The molecule has 0 saturated carbocycles. The summed E-state index contributed by atoms with van der Waals surface area (Å²) in [7, 11) is 0. The van der Waals surface area contributed by atoms with Crippen LogP contribution in [0.3, 0.4) is 0 Å². The molecule has 0 radical (unpaired) electrons. The summed E-state index contributed by atoms with van der Waals surface area (Å²) in [6.07, 6.45) is 0. The van der Waals surface area contributed by atoms with E-state index in [4.69, 9.17) is 15.0 Å². The standard InChI is InChI=1S/C65H42N4/c1-4-17-43(18-5-1)47-21-14-24-50(39-47)58-42-59(51-25-15-22-48(40-51)44-19-6-2-7-20-44)68-65(67-58)46-35-33-45(34-36-46)49-23-16-26-52(41-49)64-56-37-38-61-63(62(56)54-29-10-12-31-57(54)66-64)55-30-11-13-32-60(55)69(61)53-27-8-3-9-28-53/h1-42H. The molecule has 0 spiro atoms. The van der Waals surface area contributed by atoms with E-state index in [1.165, 1.54) is 27.2 Å². The largest absolute Gasteiger partial charge is 0.309 e. The predicted octanol–water partition coefficient (Wildman–Crippen LogP) is 16.9. The fourth-order valence-electron chi connectivity index (χ4n) is 10.1. The van der Waals surface area contributed by atoms with Crippen molar-refractivity contribution in [3.05, 3.63) is 255 Å². The van der Waals surface area contributed by atoms with E-state index in [1.807, 2.05) is 0 Å². The molecular weight excluding hydrogens is 837 g/mol. The first-order chi connectivity index (χ1) is 34.2. The number of fused-ring (bicyclic) bond motifs is 7. The van der Waals surface area contributed by atoms with Crippen molar-refractivity contribution in [2.24, 2.45) is 0 Å². The van der Waals surface area contributed by atoms with Crippen molar-refractivity contribution in [2.75, 3.05) is 0 Å². The van der Waals surface area contributed by atoms with Crippen LogP contribution in [-0.4, -0.2) is 19.5 Å². The first-order valence-corrected chi connectivity index (χ1v) is 23.4. The Balaban J connectivity index is 0.913. The molecular formula is C65H42N4. The summed E-state index contributed by atoms with van der Waals surface area (Å²) in [5.74, 6) is 0.671. The van der Waals surface area contributed by atoms with Crippen LogP contribution >= 0.6 is 0 Å². The lowest BCUT2D eigenvalue weighted by Gasteiger charge is -2.14. The van der Waals surface area contributed by atoms with Crippen molar-refractivity contribution < 1.29 is 0 Å². The summed E-state index contributed by atoms with van der Waals surface area (Å²) in [6, 6.07) is 90.3. The first kappa shape index (κ1) is 40.1. The average molecular weight is 879 g/mol. The lowest BCUT2D eigenvalue weighted by Crippen LogP contribution is -1.96. The molecule has 0 N–H and O–H groups in total. The lowest BCUT2D eigenvalue weighted by atomic mass is 9.94. The van der Waals surface area contributed by atoms with E-state index in [9.17, 15) is 0 Å². The molecule has 0 aliphatic heterocycles. The minimum Gasteiger partial charge on any atom is -0.309 e. The number of rotatable bonds is 8. The summed E-state index contributed by atoms with van der Waals surface area (Å²) < 4.78 is 2.39. The van der Waals surface area contributed by atoms with E-state index >= 15 is 0 Å². The number of pyridine rings is 1. The van der Waals surface area contributed by atoms with Gasteiger partial charge in [0.1, 0.15) is 0 Å². The molecule has 0 aliphatic rings. The van der Waals surface area contributed by atoms with Crippen LogP contribution in [-0.2, 0) is 0 Å². The second-order valence-corrected chi connectivity index (χ2v) is 17.6. The maximum atomic E-state index is 5.40. The van der Waals surface area contributed by atoms with Gasteiger partial charge < -0.3 is 4.57 Å². The fraction of sp³-hybridized carbons (Fsp3) is 0. The van der Waals surface area contributed by atoms with E-state index in [2.05, 4.69) is 259 Å². The Kier molecular flexibility index (Phi) is 9.80. The Morgan fingerprint density at radius 3 is 1.38 bits per heavy atom. The maximum absolute atomic E-state index is 5.40. The number of para-hydroxylation sites is 3. The van der Waals surface area contributed by atoms with Crippen molar-refractivity contribution in [1.29, 1.82) is 0 Å². The first-order valence-electron chi connectivity index (χ1n) is 23.4. The quantitative estimate of drug-likeness (QED) is 0.143. The summed E-state index contributed by atoms with van der Waals surface area (Å²) in [5, 5.41) is 5.95. The zero-order chi connectivity index (χ0) is 45.7. The molecule has 0 bridgehead atoms. The van der Waals surface area contributed by atoms with Gasteiger partial charge in [0, 0.05) is 54.9 Å². The Morgan fingerprint density at radius 2 is 0.739 bits per heavy atom. The van der Waals surface area contributed by atoms with Crippen LogP contribution in [0.15, 0.2) is 255 Å². The zero-order valence-corrected chi connectivity index (χ0v) is 37.5. The summed E-state index contributed by atoms with van der Waals surface area (Å²) >= 11 is 0. The Bertz CT molecular complexity index is 3940. The molecule has 0 atom stereocenters. The van der Waals surface area contributed by atoms with Crippen LogP contribution in [0.5, 0.6) is 0 Å². The topological polar surface area (TPSA) is 43.6 Å². The predicted molar refractivity (Wildman–Crippen MR) is 287 cm³/mol. The van der Waals surface area contributed by atoms with Crippen LogP contribution in [0.4, 0.5) is 0 Å². The van der Waals surface area contributed by atoms with E-state index < -0.39 is 0 Å². The molecule has 13 rings (SSSR count). The van der Waals surface area contributed by atoms with Crippen LogP contribution in [0, 0.1) is 0 Å². The maximum Gasteiger partial charge on any atom is 0.160 e. The molecule has 10 aromatic carbocycles. The van der Waals surface area contributed by atoms with E-state index in [1.54, 1.807) is 0 Å². The number of hydrogen-bond donors (Lipinski definition) is 0. The monoisotopic (exact) mass is 878 g/mol. The van der Waals surface area contributed by atoms with Gasteiger partial charge in [-0.3, -0.25) is 0 Å². The number of hydrogen-bond acceptors (Lipinski definition) is 3. The number of benzene rings is 10. The van der Waals surface area contributed by atoms with Gasteiger partial charge in [-0.1, -0.05) is 200 Å². The van der Waals surface area contributed by atoms with Crippen molar-refractivity contribution in [2.45, 2.75) is 0 Å². The molecule has 0 aliphatic carbocycles. The van der Waals surface area contributed by atoms with Gasteiger partial charge >= 0.3 is 0 Å². The summed E-state index contributed by atoms with van der Waals surface area (Å²) in [5.41, 5.74) is 18.1.